The zero-order chi connectivity index (χ0) is 18.7. The van der Waals surface area contributed by atoms with Crippen LogP contribution in [0.15, 0.2) is 46.9 Å². The van der Waals surface area contributed by atoms with Gasteiger partial charge in [-0.2, -0.15) is 0 Å². The first-order chi connectivity index (χ1) is 12.5. The molecule has 6 heteroatoms. The molecular formula is C20H21N3O2S. The van der Waals surface area contributed by atoms with Crippen molar-refractivity contribution in [1.29, 1.82) is 0 Å². The van der Waals surface area contributed by atoms with Crippen LogP contribution in [-0.2, 0) is 4.79 Å². The van der Waals surface area contributed by atoms with Gasteiger partial charge in [-0.3, -0.25) is 4.79 Å². The van der Waals surface area contributed by atoms with Crippen molar-refractivity contribution in [2.24, 2.45) is 0 Å². The van der Waals surface area contributed by atoms with Crippen molar-refractivity contribution in [2.45, 2.75) is 33.1 Å². The number of hydrogen-bond donors (Lipinski definition) is 2. The molecule has 0 bridgehead atoms. The molecule has 0 saturated heterocycles. The average molecular weight is 367 g/mol. The van der Waals surface area contributed by atoms with E-state index in [1.165, 1.54) is 12.5 Å². The maximum atomic E-state index is 11.1. The van der Waals surface area contributed by atoms with E-state index in [2.05, 4.69) is 41.6 Å². The number of fused-ring (bicyclic) bond motifs is 1. The van der Waals surface area contributed by atoms with Gasteiger partial charge < -0.3 is 15.1 Å². The number of thiocarbonyl (C=S) groups is 1. The normalized spacial score (nSPS) is 12.0. The smallest absolute Gasteiger partial charge is 0.227 e. The van der Waals surface area contributed by atoms with Crippen molar-refractivity contribution in [2.75, 3.05) is 5.32 Å². The zero-order valence-corrected chi connectivity index (χ0v) is 15.8. The Hall–Kier alpha value is -2.73. The molecule has 2 N–H and O–H groups in total. The van der Waals surface area contributed by atoms with Crippen LogP contribution in [0.2, 0.25) is 0 Å². The number of amides is 1. The van der Waals surface area contributed by atoms with Crippen LogP contribution in [0.1, 0.15) is 38.7 Å². The standard InChI is InChI=1S/C20H21N3O2S/c1-4-12(2)14-8-9-18-17(11-14)23-19(25-18)15-6-5-7-16(10-15)22-20(26)21-13(3)24/h5-12H,4H2,1-3H3,(H2,21,22,24,26)/t12-/m0/s1. The number of nitrogens with zero attached hydrogens (tertiary/aromatic N) is 1. The fourth-order valence-corrected chi connectivity index (χ4v) is 2.92. The number of rotatable bonds is 4. The monoisotopic (exact) mass is 367 g/mol. The van der Waals surface area contributed by atoms with E-state index in [9.17, 15) is 4.79 Å². The summed E-state index contributed by atoms with van der Waals surface area (Å²) in [5.74, 6) is 0.826. The van der Waals surface area contributed by atoms with Crippen molar-refractivity contribution in [3.8, 4) is 11.5 Å². The molecule has 2 aromatic carbocycles. The minimum atomic E-state index is -0.213. The van der Waals surface area contributed by atoms with Gasteiger partial charge in [0.25, 0.3) is 0 Å². The third-order valence-corrected chi connectivity index (χ3v) is 4.45. The van der Waals surface area contributed by atoms with Crippen LogP contribution in [0, 0.1) is 0 Å². The van der Waals surface area contributed by atoms with Crippen LogP contribution in [0.5, 0.6) is 0 Å². The van der Waals surface area contributed by atoms with Crippen LogP contribution >= 0.6 is 12.2 Å². The van der Waals surface area contributed by atoms with E-state index in [0.29, 0.717) is 11.8 Å². The first-order valence-corrected chi connectivity index (χ1v) is 8.96. The molecule has 0 spiro atoms. The highest BCUT2D eigenvalue weighted by Gasteiger charge is 2.11. The highest BCUT2D eigenvalue weighted by Crippen LogP contribution is 2.29. The molecule has 3 aromatic rings. The van der Waals surface area contributed by atoms with Gasteiger partial charge in [-0.15, -0.1) is 0 Å². The quantitative estimate of drug-likeness (QED) is 0.646. The van der Waals surface area contributed by atoms with Crippen molar-refractivity contribution in [3.63, 3.8) is 0 Å². The predicted molar refractivity (Wildman–Crippen MR) is 108 cm³/mol. The maximum absolute atomic E-state index is 11.1. The van der Waals surface area contributed by atoms with Crippen LogP contribution in [0.3, 0.4) is 0 Å². The van der Waals surface area contributed by atoms with Crippen molar-refractivity contribution < 1.29 is 9.21 Å². The summed E-state index contributed by atoms with van der Waals surface area (Å²) < 4.78 is 5.91. The van der Waals surface area contributed by atoms with Crippen LogP contribution in [-0.4, -0.2) is 16.0 Å². The number of aromatic nitrogens is 1. The average Bonchev–Trinajstić information content (AvgIpc) is 3.03. The van der Waals surface area contributed by atoms with Gasteiger partial charge in [-0.25, -0.2) is 4.98 Å². The van der Waals surface area contributed by atoms with Crippen molar-refractivity contribution in [3.05, 3.63) is 48.0 Å². The summed E-state index contributed by atoms with van der Waals surface area (Å²) in [4.78, 5) is 15.7. The lowest BCUT2D eigenvalue weighted by molar-refractivity contribution is -0.117. The topological polar surface area (TPSA) is 67.2 Å². The van der Waals surface area contributed by atoms with Gasteiger partial charge in [-0.1, -0.05) is 26.0 Å². The Morgan fingerprint density at radius 3 is 2.81 bits per heavy atom. The Morgan fingerprint density at radius 1 is 1.27 bits per heavy atom. The summed E-state index contributed by atoms with van der Waals surface area (Å²) in [7, 11) is 0. The highest BCUT2D eigenvalue weighted by atomic mass is 32.1. The molecule has 1 heterocycles. The SMILES string of the molecule is CC[C@H](C)c1ccc2oc(-c3cccc(NC(=S)NC(C)=O)c3)nc2c1. The first-order valence-electron chi connectivity index (χ1n) is 8.55. The second kappa shape index (κ2) is 7.66. The van der Waals surface area contributed by atoms with Crippen molar-refractivity contribution >= 4 is 40.0 Å². The summed E-state index contributed by atoms with van der Waals surface area (Å²) in [6.07, 6.45) is 1.08. The Bertz CT molecular complexity index is 965. The number of benzene rings is 2. The molecule has 5 nitrogen and oxygen atoms in total. The van der Waals surface area contributed by atoms with E-state index in [1.807, 2.05) is 30.3 Å². The Kier molecular flexibility index (Phi) is 5.32. The Balaban J connectivity index is 1.88. The van der Waals surface area contributed by atoms with Gasteiger partial charge in [0.15, 0.2) is 10.7 Å². The Labute approximate surface area is 157 Å². The number of nitrogens with one attached hydrogen (secondary N) is 2. The molecular weight excluding hydrogens is 346 g/mol. The molecule has 0 unspecified atom stereocenters. The lowest BCUT2D eigenvalue weighted by Gasteiger charge is -2.08. The number of oxazole rings is 1. The lowest BCUT2D eigenvalue weighted by Crippen LogP contribution is -2.32. The summed E-state index contributed by atoms with van der Waals surface area (Å²) in [6.45, 7) is 5.79. The molecule has 0 radical (unpaired) electrons. The molecule has 0 saturated carbocycles. The first kappa shape index (κ1) is 18.1. The Morgan fingerprint density at radius 2 is 2.08 bits per heavy atom. The molecule has 0 aliphatic carbocycles. The second-order valence-electron chi connectivity index (χ2n) is 6.27. The number of carbonyl (C=O) groups is 1. The molecule has 1 amide bonds. The van der Waals surface area contributed by atoms with E-state index < -0.39 is 0 Å². The summed E-state index contributed by atoms with van der Waals surface area (Å²) >= 11 is 5.09. The minimum Gasteiger partial charge on any atom is -0.436 e. The highest BCUT2D eigenvalue weighted by molar-refractivity contribution is 7.80. The molecule has 134 valence electrons. The summed E-state index contributed by atoms with van der Waals surface area (Å²) in [5.41, 5.74) is 4.46. The predicted octanol–water partition coefficient (Wildman–Crippen LogP) is 4.84. The lowest BCUT2D eigenvalue weighted by atomic mass is 9.98. The van der Waals surface area contributed by atoms with Gasteiger partial charge in [0, 0.05) is 18.2 Å². The van der Waals surface area contributed by atoms with Crippen LogP contribution in [0.25, 0.3) is 22.6 Å². The van der Waals surface area contributed by atoms with Gasteiger partial charge >= 0.3 is 0 Å². The van der Waals surface area contributed by atoms with E-state index in [1.54, 1.807) is 0 Å². The van der Waals surface area contributed by atoms with E-state index in [4.69, 9.17) is 16.6 Å². The van der Waals surface area contributed by atoms with Gasteiger partial charge in [0.1, 0.15) is 5.52 Å². The summed E-state index contributed by atoms with van der Waals surface area (Å²) in [5, 5.41) is 5.77. The number of carbonyl (C=O) groups excluding carboxylic acids is 1. The van der Waals surface area contributed by atoms with E-state index in [-0.39, 0.29) is 11.0 Å². The van der Waals surface area contributed by atoms with E-state index in [0.717, 1.165) is 28.8 Å². The van der Waals surface area contributed by atoms with Crippen molar-refractivity contribution in [1.82, 2.24) is 10.3 Å². The third-order valence-electron chi connectivity index (χ3n) is 4.25. The second-order valence-corrected chi connectivity index (χ2v) is 6.68. The number of anilines is 1. The molecule has 26 heavy (non-hydrogen) atoms. The van der Waals surface area contributed by atoms with Gasteiger partial charge in [0.2, 0.25) is 11.8 Å². The minimum absolute atomic E-state index is 0.213. The molecule has 3 rings (SSSR count). The molecule has 1 aromatic heterocycles. The molecule has 0 aliphatic rings. The van der Waals surface area contributed by atoms with E-state index >= 15 is 0 Å². The third kappa shape index (κ3) is 4.08. The summed E-state index contributed by atoms with van der Waals surface area (Å²) in [6, 6.07) is 13.7. The molecule has 1 atom stereocenters. The van der Waals surface area contributed by atoms with Crippen LogP contribution in [0.4, 0.5) is 5.69 Å². The van der Waals surface area contributed by atoms with Crippen LogP contribution < -0.4 is 10.6 Å². The van der Waals surface area contributed by atoms with Gasteiger partial charge in [-0.05, 0) is 60.5 Å². The fraction of sp³-hybridized carbons (Fsp3) is 0.250. The molecule has 0 aliphatic heterocycles. The van der Waals surface area contributed by atoms with Gasteiger partial charge in [0.05, 0.1) is 0 Å². The largest absolute Gasteiger partial charge is 0.436 e. The zero-order valence-electron chi connectivity index (χ0n) is 15.0. The maximum Gasteiger partial charge on any atom is 0.227 e. The number of hydrogen-bond acceptors (Lipinski definition) is 4. The molecule has 0 fully saturated rings. The fourth-order valence-electron chi connectivity index (χ4n) is 2.66.